The second kappa shape index (κ2) is 13.2. The van der Waals surface area contributed by atoms with E-state index in [2.05, 4.69) is 6.07 Å². The molecule has 0 bridgehead atoms. The molecular formula is C52H34N4. The molecule has 1 unspecified atom stereocenters. The first kappa shape index (κ1) is 23.4. The number of para-hydroxylation sites is 1. The van der Waals surface area contributed by atoms with Gasteiger partial charge in [-0.25, -0.2) is 15.0 Å². The first-order valence-electron chi connectivity index (χ1n) is 23.3. The maximum Gasteiger partial charge on any atom is 0.163 e. The summed E-state index contributed by atoms with van der Waals surface area (Å²) in [5, 5.41) is 0.0829. The van der Waals surface area contributed by atoms with Crippen LogP contribution in [0, 0.1) is 0 Å². The molecule has 2 aromatic heterocycles. The van der Waals surface area contributed by atoms with Crippen molar-refractivity contribution in [1.82, 2.24) is 19.5 Å². The molecule has 11 rings (SSSR count). The van der Waals surface area contributed by atoms with Gasteiger partial charge in [0.25, 0.3) is 0 Å². The van der Waals surface area contributed by atoms with Crippen molar-refractivity contribution in [2.24, 2.45) is 0 Å². The first-order valence-corrected chi connectivity index (χ1v) is 18.3. The SMILES string of the molecule is [2H]c1c([2H])c([2H])c2c(c1[2H])-c1c([2H])c([2H])c3c4c([2H])c([2H])c([2H])c([2H])c4n(-c4cccc(-c5cccc(-c6ccccc6)c5)c4)c3c1C2c1nc(-c2ccccc2)nc(-c2ccccc2)n1. The van der Waals surface area contributed by atoms with Gasteiger partial charge in [-0.15, -0.1) is 0 Å². The van der Waals surface area contributed by atoms with Gasteiger partial charge in [-0.05, 0) is 68.7 Å². The summed E-state index contributed by atoms with van der Waals surface area (Å²) in [6, 6.07) is 39.8. The van der Waals surface area contributed by atoms with Crippen molar-refractivity contribution >= 4 is 21.8 Å². The zero-order chi connectivity index (χ0) is 45.7. The maximum atomic E-state index is 9.74. The first-order chi connectivity index (χ1) is 31.9. The van der Waals surface area contributed by atoms with Crippen LogP contribution in [0.4, 0.5) is 0 Å². The average Bonchev–Trinajstić information content (AvgIpc) is 3.91. The Morgan fingerprint density at radius 2 is 1.02 bits per heavy atom. The third-order valence-corrected chi connectivity index (χ3v) is 10.4. The van der Waals surface area contributed by atoms with Crippen molar-refractivity contribution < 1.29 is 13.7 Å². The lowest BCUT2D eigenvalue weighted by atomic mass is 9.93. The van der Waals surface area contributed by atoms with Gasteiger partial charge in [0.15, 0.2) is 11.6 Å². The summed E-state index contributed by atoms with van der Waals surface area (Å²) >= 11 is 0. The van der Waals surface area contributed by atoms with Crippen LogP contribution in [-0.2, 0) is 0 Å². The highest BCUT2D eigenvalue weighted by Gasteiger charge is 2.36. The molecule has 0 N–H and O–H groups in total. The summed E-state index contributed by atoms with van der Waals surface area (Å²) in [5.74, 6) is -0.519. The Balaban J connectivity index is 1.30. The highest BCUT2D eigenvalue weighted by atomic mass is 15.0. The number of hydrogen-bond acceptors (Lipinski definition) is 3. The molecule has 4 heteroatoms. The third-order valence-electron chi connectivity index (χ3n) is 10.4. The Hall–Kier alpha value is -7.43. The molecule has 10 aromatic rings. The predicted molar refractivity (Wildman–Crippen MR) is 229 cm³/mol. The van der Waals surface area contributed by atoms with Gasteiger partial charge in [0.2, 0.25) is 0 Å². The highest BCUT2D eigenvalue weighted by Crippen LogP contribution is 2.52. The van der Waals surface area contributed by atoms with Gasteiger partial charge in [-0.1, -0.05) is 176 Å². The van der Waals surface area contributed by atoms with Crippen molar-refractivity contribution in [3.05, 3.63) is 217 Å². The van der Waals surface area contributed by atoms with Gasteiger partial charge in [0.05, 0.1) is 30.7 Å². The number of rotatable bonds is 6. The highest BCUT2D eigenvalue weighted by molar-refractivity contribution is 6.13. The van der Waals surface area contributed by atoms with Crippen LogP contribution in [0.3, 0.4) is 0 Å². The Labute approximate surface area is 339 Å². The van der Waals surface area contributed by atoms with Gasteiger partial charge in [0.1, 0.15) is 5.82 Å². The summed E-state index contributed by atoms with van der Waals surface area (Å²) in [6.07, 6.45) is 0. The molecule has 0 radical (unpaired) electrons. The number of hydrogen-bond donors (Lipinski definition) is 0. The Kier molecular flexibility index (Phi) is 5.49. The number of fused-ring (bicyclic) bond motifs is 7. The van der Waals surface area contributed by atoms with E-state index in [1.54, 1.807) is 4.57 Å². The second-order valence-corrected chi connectivity index (χ2v) is 13.6. The van der Waals surface area contributed by atoms with Gasteiger partial charge in [-0.3, -0.25) is 0 Å². The summed E-state index contributed by atoms with van der Waals surface area (Å²) in [7, 11) is 0. The van der Waals surface area contributed by atoms with Crippen LogP contribution in [0.2, 0.25) is 0 Å². The molecule has 0 amide bonds. The Morgan fingerprint density at radius 1 is 0.446 bits per heavy atom. The fourth-order valence-corrected chi connectivity index (χ4v) is 7.85. The fourth-order valence-electron chi connectivity index (χ4n) is 7.85. The molecule has 1 atom stereocenters. The van der Waals surface area contributed by atoms with Gasteiger partial charge < -0.3 is 4.57 Å². The topological polar surface area (TPSA) is 43.6 Å². The zero-order valence-corrected chi connectivity index (χ0v) is 29.6. The van der Waals surface area contributed by atoms with E-state index < -0.39 is 42.2 Å². The summed E-state index contributed by atoms with van der Waals surface area (Å²) in [4.78, 5) is 15.0. The lowest BCUT2D eigenvalue weighted by Crippen LogP contribution is -2.10. The van der Waals surface area contributed by atoms with Crippen molar-refractivity contribution in [1.29, 1.82) is 0 Å². The number of nitrogens with zero attached hydrogens (tertiary/aromatic N) is 4. The minimum Gasteiger partial charge on any atom is -0.309 e. The molecule has 0 saturated heterocycles. The smallest absolute Gasteiger partial charge is 0.163 e. The van der Waals surface area contributed by atoms with Gasteiger partial charge in [0, 0.05) is 27.6 Å². The van der Waals surface area contributed by atoms with Crippen LogP contribution >= 0.6 is 0 Å². The molecular weight excluding hydrogens is 681 g/mol. The van der Waals surface area contributed by atoms with Crippen molar-refractivity contribution in [3.8, 4) is 61.8 Å². The van der Waals surface area contributed by atoms with E-state index in [1.165, 1.54) is 0 Å². The van der Waals surface area contributed by atoms with E-state index in [0.717, 1.165) is 22.3 Å². The van der Waals surface area contributed by atoms with Crippen LogP contribution in [-0.4, -0.2) is 19.5 Å². The van der Waals surface area contributed by atoms with Crippen LogP contribution in [0.15, 0.2) is 200 Å². The fraction of sp³-hybridized carbons (Fsp3) is 0.0192. The molecule has 0 saturated carbocycles. The van der Waals surface area contributed by atoms with Gasteiger partial charge >= 0.3 is 0 Å². The third kappa shape index (κ3) is 5.26. The summed E-state index contributed by atoms with van der Waals surface area (Å²) in [6.45, 7) is 0. The monoisotopic (exact) mass is 724 g/mol. The van der Waals surface area contributed by atoms with E-state index in [0.29, 0.717) is 28.5 Å². The number of aromatic nitrogens is 4. The van der Waals surface area contributed by atoms with Crippen LogP contribution in [0.25, 0.3) is 83.6 Å². The van der Waals surface area contributed by atoms with Gasteiger partial charge in [-0.2, -0.15) is 0 Å². The minimum atomic E-state index is -1.21. The van der Waals surface area contributed by atoms with E-state index in [-0.39, 0.29) is 74.1 Å². The predicted octanol–water partition coefficient (Wildman–Crippen LogP) is 12.8. The standard InChI is InChI=1S/C52H34N4/c1-4-16-34(17-5-1)37-22-14-23-38(32-37)39-24-15-25-40(33-39)56-46-29-13-12-27-42(46)45-31-30-44-41-26-10-11-28-43(41)48(47(44)49(45)56)52-54-50(35-18-6-2-7-19-35)53-51(55-52)36-20-8-3-9-21-36/h1-33,48H/i10D,11D,12D,13D,26D,27D,28D,29D,30D,31D. The summed E-state index contributed by atoms with van der Waals surface area (Å²) in [5.41, 5.74) is 6.22. The van der Waals surface area contributed by atoms with E-state index in [9.17, 15) is 8.22 Å². The molecule has 1 aliphatic carbocycles. The normalized spacial score (nSPS) is 15.7. The van der Waals surface area contributed by atoms with E-state index >= 15 is 0 Å². The average molecular weight is 725 g/mol. The molecule has 56 heavy (non-hydrogen) atoms. The van der Waals surface area contributed by atoms with Crippen LogP contribution < -0.4 is 0 Å². The maximum absolute atomic E-state index is 9.74. The van der Waals surface area contributed by atoms with Crippen LogP contribution in [0.1, 0.15) is 36.6 Å². The van der Waals surface area contributed by atoms with Crippen molar-refractivity contribution in [2.45, 2.75) is 5.92 Å². The molecule has 4 nitrogen and oxygen atoms in total. The molecule has 0 aliphatic heterocycles. The molecule has 262 valence electrons. The van der Waals surface area contributed by atoms with Crippen molar-refractivity contribution in [3.63, 3.8) is 0 Å². The van der Waals surface area contributed by atoms with Crippen LogP contribution in [0.5, 0.6) is 0 Å². The Bertz CT molecular complexity index is 3600. The molecule has 1 aliphatic rings. The largest absolute Gasteiger partial charge is 0.309 e. The van der Waals surface area contributed by atoms with E-state index in [4.69, 9.17) is 20.4 Å². The van der Waals surface area contributed by atoms with Crippen molar-refractivity contribution in [2.75, 3.05) is 0 Å². The lowest BCUT2D eigenvalue weighted by molar-refractivity contribution is 0.857. The zero-order valence-electron chi connectivity index (χ0n) is 39.6. The molecule has 8 aromatic carbocycles. The Morgan fingerprint density at radius 3 is 1.73 bits per heavy atom. The number of benzene rings is 8. The lowest BCUT2D eigenvalue weighted by Gasteiger charge is -2.18. The quantitative estimate of drug-likeness (QED) is 0.171. The second-order valence-electron chi connectivity index (χ2n) is 13.6. The van der Waals surface area contributed by atoms with E-state index in [1.807, 2.05) is 133 Å². The summed E-state index contributed by atoms with van der Waals surface area (Å²) < 4.78 is 94.4. The molecule has 0 fully saturated rings. The molecule has 0 spiro atoms. The minimum absolute atomic E-state index is 0.0205. The molecule has 2 heterocycles.